The van der Waals surface area contributed by atoms with E-state index < -0.39 is 0 Å². The molecule has 0 radical (unpaired) electrons. The Kier molecular flexibility index (Phi) is 8.51. The summed E-state index contributed by atoms with van der Waals surface area (Å²) in [5.74, 6) is 0.709. The maximum absolute atomic E-state index is 5.38. The summed E-state index contributed by atoms with van der Waals surface area (Å²) in [5, 5.41) is 3.45. The second-order valence-electron chi connectivity index (χ2n) is 14.0. The summed E-state index contributed by atoms with van der Waals surface area (Å²) in [5.41, 5.74) is 14.9. The zero-order valence-corrected chi connectivity index (χ0v) is 30.5. The Bertz CT molecular complexity index is 2920. The van der Waals surface area contributed by atoms with E-state index in [1.54, 1.807) is 0 Å². The van der Waals surface area contributed by atoms with Gasteiger partial charge in [-0.25, -0.2) is 15.0 Å². The molecule has 8 aromatic carbocycles. The highest BCUT2D eigenvalue weighted by Crippen LogP contribution is 2.41. The normalized spacial score (nSPS) is 11.2. The monoisotopic (exact) mass is 713 g/mol. The molecular weight excluding hydrogens is 679 g/mol. The van der Waals surface area contributed by atoms with Gasteiger partial charge >= 0.3 is 0 Å². The van der Waals surface area contributed by atoms with Crippen molar-refractivity contribution in [2.24, 2.45) is 0 Å². The van der Waals surface area contributed by atoms with Gasteiger partial charge in [0, 0.05) is 38.4 Å². The van der Waals surface area contributed by atoms with Crippen LogP contribution in [-0.2, 0) is 0 Å². The summed E-state index contributed by atoms with van der Waals surface area (Å²) < 4.78 is 0. The molecular formula is C53H35N3. The molecule has 0 unspecified atom stereocenters. The summed E-state index contributed by atoms with van der Waals surface area (Å²) in [6.07, 6.45) is 0. The van der Waals surface area contributed by atoms with Crippen molar-refractivity contribution in [3.63, 3.8) is 0 Å². The van der Waals surface area contributed by atoms with Crippen LogP contribution in [0.2, 0.25) is 0 Å². The van der Waals surface area contributed by atoms with Crippen molar-refractivity contribution in [3.8, 4) is 78.5 Å². The van der Waals surface area contributed by atoms with Gasteiger partial charge in [0.25, 0.3) is 0 Å². The fourth-order valence-electron chi connectivity index (χ4n) is 7.69. The second kappa shape index (κ2) is 14.4. The molecule has 0 bridgehead atoms. The largest absolute Gasteiger partial charge is 0.247 e. The lowest BCUT2D eigenvalue weighted by Crippen LogP contribution is -1.96. The quantitative estimate of drug-likeness (QED) is 0.154. The van der Waals surface area contributed by atoms with Crippen LogP contribution in [0.4, 0.5) is 0 Å². The Morgan fingerprint density at radius 1 is 0.268 bits per heavy atom. The fourth-order valence-corrected chi connectivity index (χ4v) is 7.69. The zero-order chi connectivity index (χ0) is 37.3. The number of benzene rings is 8. The van der Waals surface area contributed by atoms with Crippen LogP contribution < -0.4 is 0 Å². The minimum atomic E-state index is 0.709. The number of fused-ring (bicyclic) bond motifs is 3. The molecule has 0 atom stereocenters. The Balaban J connectivity index is 1.10. The lowest BCUT2D eigenvalue weighted by Gasteiger charge is -2.16. The lowest BCUT2D eigenvalue weighted by molar-refractivity contribution is 1.18. The number of rotatable bonds is 7. The van der Waals surface area contributed by atoms with Crippen LogP contribution in [-0.4, -0.2) is 15.0 Å². The summed E-state index contributed by atoms with van der Waals surface area (Å²) in [7, 11) is 0. The Morgan fingerprint density at radius 3 is 1.43 bits per heavy atom. The van der Waals surface area contributed by atoms with E-state index in [2.05, 4.69) is 176 Å². The van der Waals surface area contributed by atoms with E-state index in [-0.39, 0.29) is 0 Å². The SMILES string of the molecule is c1ccc(-c2cccc(-c3nc4ccc(-c5ccc(-c6cc(-c7ccccc7)nc(-c7ccccc7)n6)cc5)cc4c4c(-c5ccccc5)cccc34)c2)cc1. The molecule has 2 aromatic heterocycles. The summed E-state index contributed by atoms with van der Waals surface area (Å²) in [6, 6.07) is 74.5. The lowest BCUT2D eigenvalue weighted by atomic mass is 9.91. The number of nitrogens with zero attached hydrogens (tertiary/aromatic N) is 3. The molecule has 0 spiro atoms. The third kappa shape index (κ3) is 6.31. The fraction of sp³-hybridized carbons (Fsp3) is 0. The highest BCUT2D eigenvalue weighted by Gasteiger charge is 2.17. The molecule has 0 fully saturated rings. The van der Waals surface area contributed by atoms with Crippen molar-refractivity contribution in [3.05, 3.63) is 212 Å². The molecule has 0 aliphatic rings. The maximum atomic E-state index is 5.38. The van der Waals surface area contributed by atoms with Crippen molar-refractivity contribution in [1.82, 2.24) is 15.0 Å². The topological polar surface area (TPSA) is 38.7 Å². The van der Waals surface area contributed by atoms with Gasteiger partial charge in [0.15, 0.2) is 5.82 Å². The maximum Gasteiger partial charge on any atom is 0.160 e. The van der Waals surface area contributed by atoms with Gasteiger partial charge in [0.05, 0.1) is 22.6 Å². The summed E-state index contributed by atoms with van der Waals surface area (Å²) >= 11 is 0. The molecule has 0 aliphatic heterocycles. The first-order valence-corrected chi connectivity index (χ1v) is 18.9. The summed E-state index contributed by atoms with van der Waals surface area (Å²) in [4.78, 5) is 15.4. The standard InChI is InChI=1S/C53H35N3/c1-5-15-36(16-6-1)42-23-13-24-44(33-42)52-46-26-14-25-45(38-17-7-2-8-18-38)51(46)47-34-43(31-32-48(47)54-52)37-27-29-40(30-28-37)50-35-49(39-19-9-3-10-20-39)55-53(56-50)41-21-11-4-12-22-41/h1-35H. The van der Waals surface area contributed by atoms with Gasteiger partial charge in [-0.15, -0.1) is 0 Å². The number of pyridine rings is 1. The first-order chi connectivity index (χ1) is 27.7. The van der Waals surface area contributed by atoms with Crippen LogP contribution in [0.25, 0.3) is 100 Å². The molecule has 0 saturated heterocycles. The first-order valence-electron chi connectivity index (χ1n) is 18.9. The summed E-state index contributed by atoms with van der Waals surface area (Å²) in [6.45, 7) is 0. The van der Waals surface area contributed by atoms with Gasteiger partial charge in [0.1, 0.15) is 0 Å². The minimum Gasteiger partial charge on any atom is -0.247 e. The molecule has 0 N–H and O–H groups in total. The molecule has 0 saturated carbocycles. The van der Waals surface area contributed by atoms with Crippen molar-refractivity contribution < 1.29 is 0 Å². The average Bonchev–Trinajstić information content (AvgIpc) is 3.29. The Morgan fingerprint density at radius 2 is 0.750 bits per heavy atom. The smallest absolute Gasteiger partial charge is 0.160 e. The third-order valence-corrected chi connectivity index (χ3v) is 10.5. The number of hydrogen-bond donors (Lipinski definition) is 0. The third-order valence-electron chi connectivity index (χ3n) is 10.5. The van der Waals surface area contributed by atoms with Gasteiger partial charge in [0.2, 0.25) is 0 Å². The van der Waals surface area contributed by atoms with Gasteiger partial charge < -0.3 is 0 Å². The van der Waals surface area contributed by atoms with E-state index in [0.717, 1.165) is 66.8 Å². The van der Waals surface area contributed by atoms with Crippen LogP contribution >= 0.6 is 0 Å². The molecule has 0 amide bonds. The molecule has 10 rings (SSSR count). The van der Waals surface area contributed by atoms with E-state index in [9.17, 15) is 0 Å². The number of aromatic nitrogens is 3. The molecule has 10 aromatic rings. The molecule has 3 heteroatoms. The van der Waals surface area contributed by atoms with Gasteiger partial charge in [-0.3, -0.25) is 0 Å². The molecule has 56 heavy (non-hydrogen) atoms. The molecule has 262 valence electrons. The van der Waals surface area contributed by atoms with Crippen LogP contribution in [0.1, 0.15) is 0 Å². The Hall–Kier alpha value is -7.49. The van der Waals surface area contributed by atoms with Crippen LogP contribution in [0.5, 0.6) is 0 Å². The molecule has 3 nitrogen and oxygen atoms in total. The van der Waals surface area contributed by atoms with Crippen molar-refractivity contribution >= 4 is 21.7 Å². The molecule has 2 heterocycles. The van der Waals surface area contributed by atoms with Crippen molar-refractivity contribution in [2.75, 3.05) is 0 Å². The van der Waals surface area contributed by atoms with Crippen molar-refractivity contribution in [1.29, 1.82) is 0 Å². The molecule has 0 aliphatic carbocycles. The van der Waals surface area contributed by atoms with Crippen LogP contribution in [0.15, 0.2) is 212 Å². The van der Waals surface area contributed by atoms with Crippen LogP contribution in [0.3, 0.4) is 0 Å². The first kappa shape index (κ1) is 33.1. The highest BCUT2D eigenvalue weighted by atomic mass is 14.9. The second-order valence-corrected chi connectivity index (χ2v) is 14.0. The predicted octanol–water partition coefficient (Wildman–Crippen LogP) is 13.8. The highest BCUT2D eigenvalue weighted by molar-refractivity contribution is 6.17. The van der Waals surface area contributed by atoms with Gasteiger partial charge in [-0.1, -0.05) is 188 Å². The van der Waals surface area contributed by atoms with E-state index in [1.165, 1.54) is 27.6 Å². The van der Waals surface area contributed by atoms with E-state index in [0.29, 0.717) is 5.82 Å². The van der Waals surface area contributed by atoms with E-state index in [4.69, 9.17) is 15.0 Å². The average molecular weight is 714 g/mol. The van der Waals surface area contributed by atoms with Gasteiger partial charge in [-0.05, 0) is 57.6 Å². The van der Waals surface area contributed by atoms with E-state index >= 15 is 0 Å². The minimum absolute atomic E-state index is 0.709. The predicted molar refractivity (Wildman–Crippen MR) is 233 cm³/mol. The van der Waals surface area contributed by atoms with Crippen LogP contribution in [0, 0.1) is 0 Å². The Labute approximate surface area is 326 Å². The van der Waals surface area contributed by atoms with E-state index in [1.807, 2.05) is 36.4 Å². The van der Waals surface area contributed by atoms with Gasteiger partial charge in [-0.2, -0.15) is 0 Å². The zero-order valence-electron chi connectivity index (χ0n) is 30.5. The number of hydrogen-bond acceptors (Lipinski definition) is 3. The van der Waals surface area contributed by atoms with Crippen molar-refractivity contribution in [2.45, 2.75) is 0 Å².